The zero-order valence-corrected chi connectivity index (χ0v) is 15.1. The van der Waals surface area contributed by atoms with Crippen molar-refractivity contribution in [2.24, 2.45) is 0 Å². The Bertz CT molecular complexity index is 791. The Balaban J connectivity index is 2.09. The van der Waals surface area contributed by atoms with E-state index < -0.39 is 17.7 Å². The second-order valence-electron chi connectivity index (χ2n) is 6.35. The van der Waals surface area contributed by atoms with Gasteiger partial charge in [0.2, 0.25) is 11.8 Å². The summed E-state index contributed by atoms with van der Waals surface area (Å²) in [5.41, 5.74) is 2.12. The molecule has 138 valence electrons. The number of hydrogen-bond donors (Lipinski definition) is 1. The van der Waals surface area contributed by atoms with Crippen molar-refractivity contribution in [2.75, 3.05) is 7.05 Å². The lowest BCUT2D eigenvalue weighted by atomic mass is 10.0. The van der Waals surface area contributed by atoms with Gasteiger partial charge in [0.05, 0.1) is 12.5 Å². The van der Waals surface area contributed by atoms with Crippen molar-refractivity contribution in [1.82, 2.24) is 10.2 Å². The van der Waals surface area contributed by atoms with Gasteiger partial charge in [0.25, 0.3) is 0 Å². The Morgan fingerprint density at radius 3 is 2.35 bits per heavy atom. The van der Waals surface area contributed by atoms with Crippen molar-refractivity contribution in [3.63, 3.8) is 0 Å². The highest BCUT2D eigenvalue weighted by Crippen LogP contribution is 2.20. The fraction of sp³-hybridized carbons (Fsp3) is 0.300. The number of aryl methyl sites for hydroxylation is 1. The number of hydrogen-bond acceptors (Lipinski definition) is 2. The normalized spacial score (nSPS) is 11.7. The van der Waals surface area contributed by atoms with Gasteiger partial charge in [0.1, 0.15) is 11.6 Å². The van der Waals surface area contributed by atoms with Gasteiger partial charge >= 0.3 is 0 Å². The van der Waals surface area contributed by atoms with Gasteiger partial charge in [-0.1, -0.05) is 35.9 Å². The average Bonchev–Trinajstić information content (AvgIpc) is 2.57. The van der Waals surface area contributed by atoms with Gasteiger partial charge in [-0.2, -0.15) is 0 Å². The fourth-order valence-corrected chi connectivity index (χ4v) is 2.62. The molecule has 2 amide bonds. The molecule has 0 radical (unpaired) electrons. The highest BCUT2D eigenvalue weighted by molar-refractivity contribution is 5.79. The van der Waals surface area contributed by atoms with E-state index in [1.165, 1.54) is 17.9 Å². The molecule has 0 aliphatic carbocycles. The third-order valence-corrected chi connectivity index (χ3v) is 4.08. The van der Waals surface area contributed by atoms with Crippen molar-refractivity contribution in [2.45, 2.75) is 32.9 Å². The molecule has 1 atom stereocenters. The molecule has 2 rings (SSSR count). The Kier molecular flexibility index (Phi) is 6.44. The molecule has 0 saturated heterocycles. The van der Waals surface area contributed by atoms with Crippen LogP contribution in [-0.2, 0) is 16.1 Å². The van der Waals surface area contributed by atoms with E-state index in [2.05, 4.69) is 5.32 Å². The molecule has 0 aliphatic rings. The molecule has 0 aliphatic heterocycles. The van der Waals surface area contributed by atoms with Crippen molar-refractivity contribution in [3.05, 3.63) is 70.8 Å². The van der Waals surface area contributed by atoms with Crippen molar-refractivity contribution >= 4 is 11.8 Å². The van der Waals surface area contributed by atoms with Crippen LogP contribution < -0.4 is 5.32 Å². The van der Waals surface area contributed by atoms with E-state index in [4.69, 9.17) is 0 Å². The first-order valence-corrected chi connectivity index (χ1v) is 8.28. The highest BCUT2D eigenvalue weighted by atomic mass is 19.1. The summed E-state index contributed by atoms with van der Waals surface area (Å²) in [4.78, 5) is 25.4. The largest absolute Gasteiger partial charge is 0.349 e. The smallest absolute Gasteiger partial charge is 0.225 e. The maximum atomic E-state index is 13.8. The number of benzene rings is 2. The molecule has 4 nitrogen and oxygen atoms in total. The number of rotatable bonds is 6. The third-order valence-electron chi connectivity index (χ3n) is 4.08. The molecule has 26 heavy (non-hydrogen) atoms. The second kappa shape index (κ2) is 8.56. The van der Waals surface area contributed by atoms with E-state index in [1.54, 1.807) is 7.05 Å². The second-order valence-corrected chi connectivity index (χ2v) is 6.35. The van der Waals surface area contributed by atoms with E-state index in [-0.39, 0.29) is 30.3 Å². The molecule has 1 unspecified atom stereocenters. The maximum Gasteiger partial charge on any atom is 0.225 e. The summed E-state index contributed by atoms with van der Waals surface area (Å²) in [5.74, 6) is -1.85. The van der Waals surface area contributed by atoms with E-state index >= 15 is 0 Å². The number of amides is 2. The third kappa shape index (κ3) is 5.37. The predicted octanol–water partition coefficient (Wildman–Crippen LogP) is 3.50. The van der Waals surface area contributed by atoms with Crippen LogP contribution in [0.1, 0.15) is 36.1 Å². The molecule has 0 fully saturated rings. The fourth-order valence-electron chi connectivity index (χ4n) is 2.62. The molecule has 1 N–H and O–H groups in total. The molecule has 2 aromatic carbocycles. The number of carbonyl (C=O) groups excluding carboxylic acids is 2. The summed E-state index contributed by atoms with van der Waals surface area (Å²) in [6.07, 6.45) is 0.0436. The first kappa shape index (κ1) is 19.6. The van der Waals surface area contributed by atoms with E-state index in [0.29, 0.717) is 0 Å². The van der Waals surface area contributed by atoms with Crippen molar-refractivity contribution < 1.29 is 18.4 Å². The van der Waals surface area contributed by atoms with Crippen LogP contribution in [0.15, 0.2) is 42.5 Å². The quantitative estimate of drug-likeness (QED) is 0.857. The van der Waals surface area contributed by atoms with Gasteiger partial charge in [-0.15, -0.1) is 0 Å². The molecule has 0 heterocycles. The SMILES string of the molecule is CC(=O)NC(CC(=O)N(C)Cc1ccc(F)cc1F)c1ccc(C)cc1. The van der Waals surface area contributed by atoms with Crippen LogP contribution in [0.2, 0.25) is 0 Å². The lowest BCUT2D eigenvalue weighted by molar-refractivity contribution is -0.131. The number of halogens is 2. The standard InChI is InChI=1S/C20H22F2N2O2/c1-13-4-6-15(7-5-13)19(23-14(2)25)11-20(26)24(3)12-16-8-9-17(21)10-18(16)22/h4-10,19H,11-12H2,1-3H3,(H,23,25). The van der Waals surface area contributed by atoms with Crippen molar-refractivity contribution in [3.8, 4) is 0 Å². The Morgan fingerprint density at radius 1 is 1.12 bits per heavy atom. The van der Waals surface area contributed by atoms with Gasteiger partial charge in [-0.3, -0.25) is 9.59 Å². The molecule has 2 aromatic rings. The summed E-state index contributed by atoms with van der Waals surface area (Å²) >= 11 is 0. The van der Waals surface area contributed by atoms with Crippen LogP contribution in [0.4, 0.5) is 8.78 Å². The lowest BCUT2D eigenvalue weighted by Crippen LogP contribution is -2.33. The van der Waals surface area contributed by atoms with Gasteiger partial charge in [-0.05, 0) is 18.6 Å². The molecule has 6 heteroatoms. The zero-order valence-electron chi connectivity index (χ0n) is 15.1. The summed E-state index contributed by atoms with van der Waals surface area (Å²) in [5, 5.41) is 2.77. The Morgan fingerprint density at radius 2 is 1.77 bits per heavy atom. The van der Waals surface area contributed by atoms with Crippen LogP contribution in [0.5, 0.6) is 0 Å². The molecule has 0 saturated carbocycles. The minimum atomic E-state index is -0.693. The molecule has 0 aromatic heterocycles. The van der Waals surface area contributed by atoms with Crippen LogP contribution in [-0.4, -0.2) is 23.8 Å². The van der Waals surface area contributed by atoms with E-state index in [1.807, 2.05) is 31.2 Å². The molecule has 0 bridgehead atoms. The first-order valence-electron chi connectivity index (χ1n) is 8.28. The van der Waals surface area contributed by atoms with Gasteiger partial charge in [0.15, 0.2) is 0 Å². The highest BCUT2D eigenvalue weighted by Gasteiger charge is 2.20. The van der Waals surface area contributed by atoms with Crippen LogP contribution in [0.25, 0.3) is 0 Å². The zero-order chi connectivity index (χ0) is 19.3. The van der Waals surface area contributed by atoms with Gasteiger partial charge in [0, 0.05) is 32.1 Å². The average molecular weight is 360 g/mol. The molecule has 0 spiro atoms. The van der Waals surface area contributed by atoms with Crippen molar-refractivity contribution in [1.29, 1.82) is 0 Å². The summed E-state index contributed by atoms with van der Waals surface area (Å²) < 4.78 is 26.8. The number of nitrogens with one attached hydrogen (secondary N) is 1. The lowest BCUT2D eigenvalue weighted by Gasteiger charge is -2.23. The van der Waals surface area contributed by atoms with Gasteiger partial charge in [-0.25, -0.2) is 8.78 Å². The van der Waals surface area contributed by atoms with Gasteiger partial charge < -0.3 is 10.2 Å². The van der Waals surface area contributed by atoms with Crippen LogP contribution >= 0.6 is 0 Å². The summed E-state index contributed by atoms with van der Waals surface area (Å²) in [6, 6.07) is 10.3. The first-order chi connectivity index (χ1) is 12.3. The van der Waals surface area contributed by atoms with E-state index in [0.717, 1.165) is 23.3 Å². The monoisotopic (exact) mass is 360 g/mol. The predicted molar refractivity (Wildman–Crippen MR) is 95.2 cm³/mol. The molecular weight excluding hydrogens is 338 g/mol. The summed E-state index contributed by atoms with van der Waals surface area (Å²) in [7, 11) is 1.55. The topological polar surface area (TPSA) is 49.4 Å². The number of carbonyl (C=O) groups is 2. The minimum absolute atomic E-state index is 0.0195. The van der Waals surface area contributed by atoms with E-state index in [9.17, 15) is 18.4 Å². The Hall–Kier alpha value is -2.76. The minimum Gasteiger partial charge on any atom is -0.349 e. The maximum absolute atomic E-state index is 13.8. The Labute approximate surface area is 151 Å². The number of nitrogens with zero attached hydrogens (tertiary/aromatic N) is 1. The summed E-state index contributed by atoms with van der Waals surface area (Å²) in [6.45, 7) is 3.36. The molecular formula is C20H22F2N2O2. The van der Waals surface area contributed by atoms with Crippen LogP contribution in [0, 0.1) is 18.6 Å². The van der Waals surface area contributed by atoms with Crippen LogP contribution in [0.3, 0.4) is 0 Å².